The molecule has 0 bridgehead atoms. The number of carbonyl (C=O) groups is 2. The highest BCUT2D eigenvalue weighted by molar-refractivity contribution is 5.87. The van der Waals surface area contributed by atoms with Crippen LogP contribution in [0.1, 0.15) is 72.1 Å². The molecule has 0 aliphatic heterocycles. The second kappa shape index (κ2) is 6.08. The maximum atomic E-state index is 12.6. The van der Waals surface area contributed by atoms with Gasteiger partial charge in [-0.15, -0.1) is 6.42 Å². The highest BCUT2D eigenvalue weighted by Gasteiger charge is 2.64. The molecule has 0 unspecified atom stereocenters. The number of fused-ring (bicyclic) bond motifs is 5. The van der Waals surface area contributed by atoms with E-state index in [1.807, 2.05) is 0 Å². The average molecular weight is 353 g/mol. The maximum Gasteiger partial charge on any atom is 0.148 e. The summed E-state index contributed by atoms with van der Waals surface area (Å²) >= 11 is 0. The van der Waals surface area contributed by atoms with Crippen molar-refractivity contribution in [3.63, 3.8) is 0 Å². The molecule has 7 atom stereocenters. The number of hydrogen-bond acceptors (Lipinski definition) is 2. The number of rotatable bonds is 2. The molecule has 2 heteroatoms. The van der Waals surface area contributed by atoms with Crippen molar-refractivity contribution in [2.24, 2.45) is 40.4 Å². The zero-order valence-electron chi connectivity index (χ0n) is 16.5. The summed E-state index contributed by atoms with van der Waals surface area (Å²) in [6.07, 6.45) is 17.1. The molecule has 0 saturated heterocycles. The smallest absolute Gasteiger partial charge is 0.148 e. The lowest BCUT2D eigenvalue weighted by Crippen LogP contribution is -2.51. The first kappa shape index (κ1) is 18.0. The van der Waals surface area contributed by atoms with Crippen molar-refractivity contribution >= 4 is 11.6 Å². The van der Waals surface area contributed by atoms with Gasteiger partial charge < -0.3 is 0 Å². The van der Waals surface area contributed by atoms with Gasteiger partial charge in [-0.2, -0.15) is 0 Å². The molecule has 0 aromatic heterocycles. The van der Waals surface area contributed by atoms with Gasteiger partial charge in [-0.1, -0.05) is 24.5 Å². The lowest BCUT2D eigenvalue weighted by atomic mass is 9.48. The van der Waals surface area contributed by atoms with Gasteiger partial charge in [0, 0.05) is 5.92 Å². The molecule has 0 aromatic carbocycles. The minimum atomic E-state index is -0.537. The zero-order chi connectivity index (χ0) is 18.7. The van der Waals surface area contributed by atoms with E-state index in [1.54, 1.807) is 19.4 Å². The first-order valence-electron chi connectivity index (χ1n) is 10.5. The predicted molar refractivity (Wildman–Crippen MR) is 103 cm³/mol. The molecule has 3 fully saturated rings. The fraction of sp³-hybridized carbons (Fsp3) is 0.750. The lowest BCUT2D eigenvalue weighted by molar-refractivity contribution is -0.132. The van der Waals surface area contributed by atoms with Gasteiger partial charge >= 0.3 is 0 Å². The molecular weight excluding hydrogens is 320 g/mol. The number of ketones is 2. The molecule has 4 aliphatic rings. The van der Waals surface area contributed by atoms with Crippen LogP contribution in [0.25, 0.3) is 0 Å². The summed E-state index contributed by atoms with van der Waals surface area (Å²) in [6.45, 7) is 5.77. The van der Waals surface area contributed by atoms with Crippen molar-refractivity contribution in [3.8, 4) is 12.3 Å². The van der Waals surface area contributed by atoms with Crippen LogP contribution in [-0.2, 0) is 9.59 Å². The van der Waals surface area contributed by atoms with Crippen molar-refractivity contribution in [2.45, 2.75) is 72.1 Å². The van der Waals surface area contributed by atoms with Crippen molar-refractivity contribution < 1.29 is 9.59 Å². The van der Waals surface area contributed by atoms with Crippen LogP contribution in [0.15, 0.2) is 11.6 Å². The third kappa shape index (κ3) is 2.25. The summed E-state index contributed by atoms with van der Waals surface area (Å²) in [7, 11) is 0. The van der Waals surface area contributed by atoms with E-state index in [-0.39, 0.29) is 17.1 Å². The van der Waals surface area contributed by atoms with E-state index in [4.69, 9.17) is 6.42 Å². The van der Waals surface area contributed by atoms with Crippen LogP contribution in [-0.4, -0.2) is 11.6 Å². The van der Waals surface area contributed by atoms with E-state index in [0.29, 0.717) is 23.5 Å². The van der Waals surface area contributed by atoms with Crippen LogP contribution < -0.4 is 0 Å². The summed E-state index contributed by atoms with van der Waals surface area (Å²) in [5, 5.41) is 0. The molecule has 0 spiro atoms. The Hall–Kier alpha value is -1.36. The van der Waals surface area contributed by atoms with Crippen LogP contribution in [0.5, 0.6) is 0 Å². The van der Waals surface area contributed by atoms with Gasteiger partial charge in [-0.3, -0.25) is 9.59 Å². The number of allylic oxidation sites excluding steroid dienone is 2. The highest BCUT2D eigenvalue weighted by Crippen LogP contribution is 2.68. The van der Waals surface area contributed by atoms with Crippen LogP contribution >= 0.6 is 0 Å². The van der Waals surface area contributed by atoms with Crippen molar-refractivity contribution in [3.05, 3.63) is 11.6 Å². The Balaban J connectivity index is 1.63. The molecule has 0 radical (unpaired) electrons. The van der Waals surface area contributed by atoms with Gasteiger partial charge in [0.2, 0.25) is 0 Å². The standard InChI is InChI=1S/C24H32O2/c1-5-24(16(3)26)13-11-22-21-9-7-18-14-17(15(2)25)6-8-19(18)20(21)10-12-23(22,24)4/h1,14,17,19-22H,6-13H2,2-4H3/t17-,19-,20+,21+,22-,23-,24+/m0/s1. The summed E-state index contributed by atoms with van der Waals surface area (Å²) < 4.78 is 0. The van der Waals surface area contributed by atoms with Gasteiger partial charge in [-0.05, 0) is 94.3 Å². The summed E-state index contributed by atoms with van der Waals surface area (Å²) in [5.41, 5.74) is 1.01. The summed E-state index contributed by atoms with van der Waals surface area (Å²) in [6, 6.07) is 0. The fourth-order valence-corrected chi connectivity index (χ4v) is 7.61. The maximum absolute atomic E-state index is 12.6. The minimum absolute atomic E-state index is 0.0213. The zero-order valence-corrected chi connectivity index (χ0v) is 16.5. The second-order valence-corrected chi connectivity index (χ2v) is 9.72. The van der Waals surface area contributed by atoms with Crippen molar-refractivity contribution in [1.29, 1.82) is 0 Å². The number of carbonyl (C=O) groups excluding carboxylic acids is 2. The number of Topliss-reactive ketones (excluding diaryl/α,β-unsaturated/α-hetero) is 2. The molecule has 0 aromatic rings. The van der Waals surface area contributed by atoms with Gasteiger partial charge in [0.05, 0.1) is 5.41 Å². The van der Waals surface area contributed by atoms with Crippen molar-refractivity contribution in [2.75, 3.05) is 0 Å². The monoisotopic (exact) mass is 352 g/mol. The van der Waals surface area contributed by atoms with Gasteiger partial charge in [-0.25, -0.2) is 0 Å². The van der Waals surface area contributed by atoms with Crippen molar-refractivity contribution in [1.82, 2.24) is 0 Å². The Labute approximate surface area is 158 Å². The molecule has 140 valence electrons. The van der Waals surface area contributed by atoms with Gasteiger partial charge in [0.15, 0.2) is 0 Å². The lowest BCUT2D eigenvalue weighted by Gasteiger charge is -2.55. The van der Waals surface area contributed by atoms with Crippen LogP contribution in [0.4, 0.5) is 0 Å². The Morgan fingerprint density at radius 1 is 1.08 bits per heavy atom. The summed E-state index contributed by atoms with van der Waals surface area (Å²) in [4.78, 5) is 24.4. The minimum Gasteiger partial charge on any atom is -0.299 e. The van der Waals surface area contributed by atoms with E-state index in [9.17, 15) is 9.59 Å². The summed E-state index contributed by atoms with van der Waals surface area (Å²) in [5.74, 6) is 6.39. The van der Waals surface area contributed by atoms with Gasteiger partial charge in [0.25, 0.3) is 0 Å². The molecule has 26 heavy (non-hydrogen) atoms. The second-order valence-electron chi connectivity index (χ2n) is 9.72. The Bertz CT molecular complexity index is 710. The molecule has 3 saturated carbocycles. The predicted octanol–water partition coefficient (Wildman–Crippen LogP) is 4.97. The normalized spacial score (nSPS) is 47.0. The van der Waals surface area contributed by atoms with E-state index >= 15 is 0 Å². The van der Waals surface area contributed by atoms with Crippen LogP contribution in [0, 0.1) is 52.8 Å². The van der Waals surface area contributed by atoms with Crippen LogP contribution in [0.2, 0.25) is 0 Å². The third-order valence-corrected chi connectivity index (χ3v) is 9.02. The number of terminal acetylenes is 1. The molecular formula is C24H32O2. The first-order chi connectivity index (χ1) is 12.3. The SMILES string of the molecule is C#C[C@]1(C(C)=O)CC[C@H]2[C@@H]3CCC4=C[C@@H](C(C)=O)CC[C@@H]4[C@H]3CC[C@@]21C. The van der Waals surface area contributed by atoms with E-state index in [1.165, 1.54) is 19.3 Å². The molecule has 0 amide bonds. The highest BCUT2D eigenvalue weighted by atomic mass is 16.1. The molecule has 2 nitrogen and oxygen atoms in total. The topological polar surface area (TPSA) is 34.1 Å². The molecule has 0 N–H and O–H groups in total. The molecule has 4 aliphatic carbocycles. The Morgan fingerprint density at radius 2 is 1.85 bits per heavy atom. The molecule has 0 heterocycles. The largest absolute Gasteiger partial charge is 0.299 e. The quantitative estimate of drug-likeness (QED) is 0.519. The third-order valence-electron chi connectivity index (χ3n) is 9.02. The molecule has 4 rings (SSSR count). The fourth-order valence-electron chi connectivity index (χ4n) is 7.61. The van der Waals surface area contributed by atoms with E-state index < -0.39 is 5.41 Å². The Kier molecular flexibility index (Phi) is 4.22. The van der Waals surface area contributed by atoms with E-state index in [0.717, 1.165) is 38.0 Å². The first-order valence-corrected chi connectivity index (χ1v) is 10.5. The van der Waals surface area contributed by atoms with Gasteiger partial charge in [0.1, 0.15) is 11.6 Å². The Morgan fingerprint density at radius 3 is 2.50 bits per heavy atom. The van der Waals surface area contributed by atoms with E-state index in [2.05, 4.69) is 18.9 Å². The number of hydrogen-bond donors (Lipinski definition) is 0. The van der Waals surface area contributed by atoms with Crippen LogP contribution in [0.3, 0.4) is 0 Å². The average Bonchev–Trinajstić information content (AvgIpc) is 2.94.